The third-order valence-corrected chi connectivity index (χ3v) is 4.18. The van der Waals surface area contributed by atoms with Gasteiger partial charge in [-0.1, -0.05) is 6.07 Å². The Bertz CT molecular complexity index is 518. The van der Waals surface area contributed by atoms with Gasteiger partial charge in [-0.2, -0.15) is 0 Å². The Balaban J connectivity index is 3.40. The summed E-state index contributed by atoms with van der Waals surface area (Å²) in [5.74, 6) is -0.131. The molecule has 0 unspecified atom stereocenters. The Morgan fingerprint density at radius 1 is 1.25 bits per heavy atom. The molecule has 0 saturated carbocycles. The van der Waals surface area contributed by atoms with E-state index in [1.807, 2.05) is 0 Å². The topological polar surface area (TPSA) is 54.5 Å². The molecule has 16 heavy (non-hydrogen) atoms. The summed E-state index contributed by atoms with van der Waals surface area (Å²) in [6.45, 7) is 3.21. The third-order valence-electron chi connectivity index (χ3n) is 2.37. The van der Waals surface area contributed by atoms with E-state index >= 15 is 0 Å². The second kappa shape index (κ2) is 4.35. The Hall–Kier alpha value is -1.20. The molecule has 0 saturated heterocycles. The lowest BCUT2D eigenvalue weighted by Crippen LogP contribution is -2.22. The van der Waals surface area contributed by atoms with Crippen LogP contribution >= 0.6 is 0 Å². The molecule has 0 N–H and O–H groups in total. The minimum atomic E-state index is -3.47. The van der Waals surface area contributed by atoms with Crippen LogP contribution in [0.3, 0.4) is 0 Å². The van der Waals surface area contributed by atoms with Gasteiger partial charge in [0.15, 0.2) is 5.78 Å². The Morgan fingerprint density at radius 3 is 2.25 bits per heavy atom. The summed E-state index contributed by atoms with van der Waals surface area (Å²) < 4.78 is 24.8. The summed E-state index contributed by atoms with van der Waals surface area (Å²) in [6.07, 6.45) is 0. The quantitative estimate of drug-likeness (QED) is 0.753. The second-order valence-corrected chi connectivity index (χ2v) is 5.97. The maximum Gasteiger partial charge on any atom is 0.242 e. The molecular formula is C11H15NO3S. The smallest absolute Gasteiger partial charge is 0.242 e. The molecule has 0 heterocycles. The molecule has 0 atom stereocenters. The molecule has 88 valence electrons. The highest BCUT2D eigenvalue weighted by Crippen LogP contribution is 2.18. The minimum absolute atomic E-state index is 0.131. The van der Waals surface area contributed by atoms with Crippen LogP contribution in [0.25, 0.3) is 0 Å². The fraction of sp³-hybridized carbons (Fsp3) is 0.364. The third kappa shape index (κ3) is 2.31. The van der Waals surface area contributed by atoms with Gasteiger partial charge in [0, 0.05) is 19.7 Å². The van der Waals surface area contributed by atoms with Gasteiger partial charge in [-0.05, 0) is 31.5 Å². The lowest BCUT2D eigenvalue weighted by atomic mass is 10.1. The van der Waals surface area contributed by atoms with Gasteiger partial charge in [-0.25, -0.2) is 12.7 Å². The molecule has 1 rings (SSSR count). The molecule has 1 aromatic rings. The summed E-state index contributed by atoms with van der Waals surface area (Å²) >= 11 is 0. The minimum Gasteiger partial charge on any atom is -0.295 e. The number of sulfonamides is 1. The maximum atomic E-state index is 11.8. The Morgan fingerprint density at radius 2 is 1.81 bits per heavy atom. The first-order valence-corrected chi connectivity index (χ1v) is 6.25. The highest BCUT2D eigenvalue weighted by atomic mass is 32.2. The van der Waals surface area contributed by atoms with Crippen LogP contribution in [-0.4, -0.2) is 32.6 Å². The zero-order valence-corrected chi connectivity index (χ0v) is 10.6. The van der Waals surface area contributed by atoms with Gasteiger partial charge in [0.05, 0.1) is 4.90 Å². The van der Waals surface area contributed by atoms with E-state index in [1.54, 1.807) is 13.0 Å². The first-order chi connectivity index (χ1) is 7.26. The molecule has 0 spiro atoms. The number of carbonyl (C=O) groups is 1. The van der Waals surface area contributed by atoms with Gasteiger partial charge in [0.1, 0.15) is 0 Å². The molecule has 0 fully saturated rings. The van der Waals surface area contributed by atoms with Crippen LogP contribution in [0.4, 0.5) is 0 Å². The van der Waals surface area contributed by atoms with E-state index in [0.29, 0.717) is 5.56 Å². The SMILES string of the molecule is CC(=O)c1cc(S(=O)(=O)N(C)C)ccc1C. The van der Waals surface area contributed by atoms with Crippen molar-refractivity contribution >= 4 is 15.8 Å². The zero-order chi connectivity index (χ0) is 12.5. The van der Waals surface area contributed by atoms with Gasteiger partial charge in [0.2, 0.25) is 10.0 Å². The number of aryl methyl sites for hydroxylation is 1. The molecule has 0 aliphatic rings. The molecule has 0 aromatic heterocycles. The van der Waals surface area contributed by atoms with Crippen molar-refractivity contribution < 1.29 is 13.2 Å². The lowest BCUT2D eigenvalue weighted by molar-refractivity contribution is 0.101. The first-order valence-electron chi connectivity index (χ1n) is 4.81. The summed E-state index contributed by atoms with van der Waals surface area (Å²) in [5, 5.41) is 0. The summed E-state index contributed by atoms with van der Waals surface area (Å²) in [4.78, 5) is 11.5. The number of carbonyl (C=O) groups excluding carboxylic acids is 1. The van der Waals surface area contributed by atoms with E-state index in [4.69, 9.17) is 0 Å². The van der Waals surface area contributed by atoms with E-state index in [-0.39, 0.29) is 10.7 Å². The molecule has 0 aliphatic heterocycles. The number of nitrogens with zero attached hydrogens (tertiary/aromatic N) is 1. The van der Waals surface area contributed by atoms with Crippen molar-refractivity contribution in [1.29, 1.82) is 0 Å². The van der Waals surface area contributed by atoms with Crippen molar-refractivity contribution in [3.8, 4) is 0 Å². The maximum absolute atomic E-state index is 11.8. The molecule has 0 bridgehead atoms. The zero-order valence-electron chi connectivity index (χ0n) is 9.81. The number of hydrogen-bond acceptors (Lipinski definition) is 3. The Kier molecular flexibility index (Phi) is 3.50. The average molecular weight is 241 g/mol. The summed E-state index contributed by atoms with van der Waals surface area (Å²) in [5.41, 5.74) is 1.23. The van der Waals surface area contributed by atoms with E-state index < -0.39 is 10.0 Å². The van der Waals surface area contributed by atoms with Crippen LogP contribution in [0.5, 0.6) is 0 Å². The van der Waals surface area contributed by atoms with Crippen LogP contribution < -0.4 is 0 Å². The molecule has 0 radical (unpaired) electrons. The van der Waals surface area contributed by atoms with Gasteiger partial charge in [0.25, 0.3) is 0 Å². The highest BCUT2D eigenvalue weighted by molar-refractivity contribution is 7.89. The lowest BCUT2D eigenvalue weighted by Gasteiger charge is -2.12. The standard InChI is InChI=1S/C11H15NO3S/c1-8-5-6-10(7-11(8)9(2)13)16(14,15)12(3)4/h5-7H,1-4H3. The predicted molar refractivity (Wildman–Crippen MR) is 62.1 cm³/mol. The number of rotatable bonds is 3. The number of hydrogen-bond donors (Lipinski definition) is 0. The number of benzene rings is 1. The summed E-state index contributed by atoms with van der Waals surface area (Å²) in [6, 6.07) is 4.58. The van der Waals surface area contributed by atoms with Crippen LogP contribution in [0.15, 0.2) is 23.1 Å². The second-order valence-electron chi connectivity index (χ2n) is 3.82. The van der Waals surface area contributed by atoms with Crippen LogP contribution in [-0.2, 0) is 10.0 Å². The molecule has 0 aliphatic carbocycles. The van der Waals surface area contributed by atoms with Crippen molar-refractivity contribution in [2.24, 2.45) is 0 Å². The van der Waals surface area contributed by atoms with E-state index in [2.05, 4.69) is 0 Å². The van der Waals surface area contributed by atoms with Gasteiger partial charge >= 0.3 is 0 Å². The van der Waals surface area contributed by atoms with Crippen molar-refractivity contribution in [1.82, 2.24) is 4.31 Å². The Labute approximate surface area is 95.9 Å². The first kappa shape index (κ1) is 12.9. The van der Waals surface area contributed by atoms with Crippen molar-refractivity contribution in [2.45, 2.75) is 18.7 Å². The number of Topliss-reactive ketones (excluding diaryl/α,β-unsaturated/α-hetero) is 1. The predicted octanol–water partition coefficient (Wildman–Crippen LogP) is 1.45. The number of ketones is 1. The normalized spacial score (nSPS) is 11.8. The van der Waals surface area contributed by atoms with Crippen LogP contribution in [0.2, 0.25) is 0 Å². The average Bonchev–Trinajstić information content (AvgIpc) is 2.17. The van der Waals surface area contributed by atoms with E-state index in [9.17, 15) is 13.2 Å². The monoisotopic (exact) mass is 241 g/mol. The highest BCUT2D eigenvalue weighted by Gasteiger charge is 2.18. The van der Waals surface area contributed by atoms with Crippen molar-refractivity contribution in [3.05, 3.63) is 29.3 Å². The fourth-order valence-corrected chi connectivity index (χ4v) is 2.28. The largest absolute Gasteiger partial charge is 0.295 e. The molecule has 1 aromatic carbocycles. The van der Waals surface area contributed by atoms with Gasteiger partial charge in [-0.15, -0.1) is 0 Å². The van der Waals surface area contributed by atoms with Gasteiger partial charge in [-0.3, -0.25) is 4.79 Å². The van der Waals surface area contributed by atoms with Crippen LogP contribution in [0, 0.1) is 6.92 Å². The van der Waals surface area contributed by atoms with E-state index in [0.717, 1.165) is 9.87 Å². The van der Waals surface area contributed by atoms with E-state index in [1.165, 1.54) is 33.2 Å². The van der Waals surface area contributed by atoms with Crippen molar-refractivity contribution in [3.63, 3.8) is 0 Å². The van der Waals surface area contributed by atoms with Crippen LogP contribution in [0.1, 0.15) is 22.8 Å². The molecule has 5 heteroatoms. The molecule has 0 amide bonds. The summed E-state index contributed by atoms with van der Waals surface area (Å²) in [7, 11) is -0.547. The van der Waals surface area contributed by atoms with Crippen molar-refractivity contribution in [2.75, 3.05) is 14.1 Å². The fourth-order valence-electron chi connectivity index (χ4n) is 1.35. The molecular weight excluding hydrogens is 226 g/mol. The molecule has 4 nitrogen and oxygen atoms in total. The van der Waals surface area contributed by atoms with Gasteiger partial charge < -0.3 is 0 Å².